The summed E-state index contributed by atoms with van der Waals surface area (Å²) >= 11 is 0. The predicted octanol–water partition coefficient (Wildman–Crippen LogP) is 3.93. The number of benzene rings is 2. The van der Waals surface area contributed by atoms with Gasteiger partial charge in [0.25, 0.3) is 0 Å². The first-order valence-corrected chi connectivity index (χ1v) is 13.0. The lowest BCUT2D eigenvalue weighted by Gasteiger charge is -2.31. The van der Waals surface area contributed by atoms with Crippen LogP contribution in [0.3, 0.4) is 0 Å². The van der Waals surface area contributed by atoms with Gasteiger partial charge in [0.1, 0.15) is 5.82 Å². The van der Waals surface area contributed by atoms with Crippen molar-refractivity contribution >= 4 is 21.6 Å². The van der Waals surface area contributed by atoms with Crippen molar-refractivity contribution in [2.75, 3.05) is 18.4 Å². The highest BCUT2D eigenvalue weighted by atomic mass is 32.2. The molecule has 0 aliphatic carbocycles. The zero-order valence-corrected chi connectivity index (χ0v) is 19.3. The molecule has 8 heteroatoms. The summed E-state index contributed by atoms with van der Waals surface area (Å²) < 4.78 is 29.6. The third-order valence-corrected chi connectivity index (χ3v) is 8.43. The standard InChI is InChI=1S/C25H28N4O3S/c30-25(20-7-6-15-28(18-20)33(31,32)23-9-2-1-3-10-23)27-21-13-11-19(12-14-21)24-26-17-22-8-4-5-16-29(22)24/h1-3,9-14,17,20H,4-8,15-16,18H2,(H,27,30). The van der Waals surface area contributed by atoms with Gasteiger partial charge in [0.15, 0.2) is 0 Å². The van der Waals surface area contributed by atoms with Crippen LogP contribution in [0.4, 0.5) is 5.69 Å². The Labute approximate surface area is 194 Å². The van der Waals surface area contributed by atoms with Crippen molar-refractivity contribution in [3.05, 3.63) is 66.5 Å². The molecule has 2 aliphatic rings. The normalized spacial score (nSPS) is 19.1. The van der Waals surface area contributed by atoms with E-state index in [0.29, 0.717) is 25.1 Å². The fourth-order valence-electron chi connectivity index (χ4n) is 4.73. The van der Waals surface area contributed by atoms with Crippen LogP contribution < -0.4 is 5.32 Å². The summed E-state index contributed by atoms with van der Waals surface area (Å²) in [5, 5.41) is 2.97. The summed E-state index contributed by atoms with van der Waals surface area (Å²) in [6.07, 6.45) is 6.74. The highest BCUT2D eigenvalue weighted by molar-refractivity contribution is 7.89. The van der Waals surface area contributed by atoms with Gasteiger partial charge in [0, 0.05) is 42.8 Å². The Hall–Kier alpha value is -2.97. The number of hydrogen-bond donors (Lipinski definition) is 1. The van der Waals surface area contributed by atoms with Crippen LogP contribution in [0.15, 0.2) is 65.7 Å². The number of amides is 1. The van der Waals surface area contributed by atoms with Gasteiger partial charge in [-0.15, -0.1) is 0 Å². The van der Waals surface area contributed by atoms with Crippen LogP contribution in [0.2, 0.25) is 0 Å². The number of nitrogens with zero attached hydrogens (tertiary/aromatic N) is 3. The van der Waals surface area contributed by atoms with Crippen LogP contribution in [-0.4, -0.2) is 41.3 Å². The van der Waals surface area contributed by atoms with Gasteiger partial charge in [-0.05, 0) is 68.5 Å². The first-order valence-electron chi connectivity index (χ1n) is 11.5. The van der Waals surface area contributed by atoms with Gasteiger partial charge in [-0.3, -0.25) is 4.79 Å². The number of sulfonamides is 1. The third kappa shape index (κ3) is 4.45. The molecule has 1 saturated heterocycles. The number of imidazole rings is 1. The first kappa shape index (κ1) is 21.9. The van der Waals surface area contributed by atoms with E-state index in [-0.39, 0.29) is 23.3 Å². The lowest BCUT2D eigenvalue weighted by atomic mass is 9.98. The number of rotatable bonds is 5. The van der Waals surface area contributed by atoms with Crippen molar-refractivity contribution in [2.24, 2.45) is 5.92 Å². The van der Waals surface area contributed by atoms with Crippen molar-refractivity contribution < 1.29 is 13.2 Å². The summed E-state index contributed by atoms with van der Waals surface area (Å²) in [6, 6.07) is 16.1. The van der Waals surface area contributed by atoms with Crippen LogP contribution in [0, 0.1) is 5.92 Å². The number of carbonyl (C=O) groups excluding carboxylic acids is 1. The van der Waals surface area contributed by atoms with Gasteiger partial charge in [0.05, 0.1) is 10.8 Å². The summed E-state index contributed by atoms with van der Waals surface area (Å²) in [5.41, 5.74) is 3.01. The minimum atomic E-state index is -3.60. The Kier molecular flexibility index (Phi) is 6.03. The molecule has 0 radical (unpaired) electrons. The fourth-order valence-corrected chi connectivity index (χ4v) is 6.27. The van der Waals surface area contributed by atoms with Gasteiger partial charge in [-0.1, -0.05) is 18.2 Å². The van der Waals surface area contributed by atoms with E-state index in [0.717, 1.165) is 24.4 Å². The second-order valence-electron chi connectivity index (χ2n) is 8.76. The molecule has 5 rings (SSSR count). The second kappa shape index (κ2) is 9.11. The molecule has 7 nitrogen and oxygen atoms in total. The largest absolute Gasteiger partial charge is 0.328 e. The van der Waals surface area contributed by atoms with Crippen molar-refractivity contribution in [2.45, 2.75) is 43.5 Å². The number of fused-ring (bicyclic) bond motifs is 1. The van der Waals surface area contributed by atoms with Crippen molar-refractivity contribution in [3.63, 3.8) is 0 Å². The molecule has 1 atom stereocenters. The Bertz CT molecular complexity index is 1240. The lowest BCUT2D eigenvalue weighted by Crippen LogP contribution is -2.43. The number of nitrogens with one attached hydrogen (secondary N) is 1. The molecule has 3 heterocycles. The van der Waals surface area contributed by atoms with Gasteiger partial charge < -0.3 is 9.88 Å². The monoisotopic (exact) mass is 464 g/mol. The molecule has 1 fully saturated rings. The van der Waals surface area contributed by atoms with Crippen molar-refractivity contribution in [1.82, 2.24) is 13.9 Å². The molecule has 1 unspecified atom stereocenters. The number of aryl methyl sites for hydroxylation is 1. The van der Waals surface area contributed by atoms with E-state index in [4.69, 9.17) is 0 Å². The van der Waals surface area contributed by atoms with Crippen LogP contribution in [-0.2, 0) is 27.8 Å². The van der Waals surface area contributed by atoms with Crippen LogP contribution >= 0.6 is 0 Å². The number of carbonyl (C=O) groups is 1. The number of anilines is 1. The zero-order chi connectivity index (χ0) is 22.8. The van der Waals surface area contributed by atoms with E-state index in [1.165, 1.54) is 22.8 Å². The fraction of sp³-hybridized carbons (Fsp3) is 0.360. The number of piperidine rings is 1. The highest BCUT2D eigenvalue weighted by Gasteiger charge is 2.33. The van der Waals surface area contributed by atoms with Crippen molar-refractivity contribution in [3.8, 4) is 11.4 Å². The first-order chi connectivity index (χ1) is 16.0. The molecule has 172 valence electrons. The average Bonchev–Trinajstić information content (AvgIpc) is 3.29. The highest BCUT2D eigenvalue weighted by Crippen LogP contribution is 2.27. The maximum atomic E-state index is 13.0. The molecule has 2 aliphatic heterocycles. The Morgan fingerprint density at radius 3 is 2.55 bits per heavy atom. The van der Waals surface area contributed by atoms with E-state index < -0.39 is 10.0 Å². The molecule has 0 bridgehead atoms. The smallest absolute Gasteiger partial charge is 0.243 e. The minimum Gasteiger partial charge on any atom is -0.328 e. The molecule has 1 aromatic heterocycles. The summed E-state index contributed by atoms with van der Waals surface area (Å²) in [6.45, 7) is 1.62. The van der Waals surface area contributed by atoms with Crippen LogP contribution in [0.1, 0.15) is 31.4 Å². The third-order valence-electron chi connectivity index (χ3n) is 6.55. The summed E-state index contributed by atoms with van der Waals surface area (Å²) in [7, 11) is -3.60. The molecule has 1 N–H and O–H groups in total. The van der Waals surface area contributed by atoms with Gasteiger partial charge >= 0.3 is 0 Å². The van der Waals surface area contributed by atoms with E-state index in [9.17, 15) is 13.2 Å². The molecule has 1 amide bonds. The lowest BCUT2D eigenvalue weighted by molar-refractivity contribution is -0.120. The van der Waals surface area contributed by atoms with E-state index in [1.807, 2.05) is 30.5 Å². The van der Waals surface area contributed by atoms with Gasteiger partial charge in [-0.25, -0.2) is 13.4 Å². The quantitative estimate of drug-likeness (QED) is 0.620. The average molecular weight is 465 g/mol. The van der Waals surface area contributed by atoms with Gasteiger partial charge in [0.2, 0.25) is 15.9 Å². The minimum absolute atomic E-state index is 0.145. The molecular weight excluding hydrogens is 436 g/mol. The Morgan fingerprint density at radius 2 is 1.76 bits per heavy atom. The number of hydrogen-bond acceptors (Lipinski definition) is 4. The molecular formula is C25H28N4O3S. The van der Waals surface area contributed by atoms with Crippen molar-refractivity contribution in [1.29, 1.82) is 0 Å². The molecule has 0 spiro atoms. The number of aromatic nitrogens is 2. The summed E-state index contributed by atoms with van der Waals surface area (Å²) in [4.78, 5) is 17.8. The van der Waals surface area contributed by atoms with Crippen LogP contribution in [0.5, 0.6) is 0 Å². The molecule has 0 saturated carbocycles. The SMILES string of the molecule is O=C(Nc1ccc(-c2ncc3n2CCCC3)cc1)C1CCCN(S(=O)(=O)c2ccccc2)C1. The van der Waals surface area contributed by atoms with E-state index in [1.54, 1.807) is 30.3 Å². The molecule has 33 heavy (non-hydrogen) atoms. The maximum Gasteiger partial charge on any atom is 0.243 e. The molecule has 2 aromatic carbocycles. The van der Waals surface area contributed by atoms with E-state index >= 15 is 0 Å². The summed E-state index contributed by atoms with van der Waals surface area (Å²) in [5.74, 6) is 0.446. The van der Waals surface area contributed by atoms with Crippen LogP contribution in [0.25, 0.3) is 11.4 Å². The predicted molar refractivity (Wildman–Crippen MR) is 127 cm³/mol. The maximum absolute atomic E-state index is 13.0. The van der Waals surface area contributed by atoms with Gasteiger partial charge in [-0.2, -0.15) is 4.31 Å². The second-order valence-corrected chi connectivity index (χ2v) is 10.7. The Balaban J connectivity index is 1.25. The zero-order valence-electron chi connectivity index (χ0n) is 18.5. The Morgan fingerprint density at radius 1 is 0.970 bits per heavy atom. The van der Waals surface area contributed by atoms with E-state index in [2.05, 4.69) is 14.9 Å². The topological polar surface area (TPSA) is 84.3 Å². The molecule has 3 aromatic rings.